The summed E-state index contributed by atoms with van der Waals surface area (Å²) in [5.41, 5.74) is 1.11. The van der Waals surface area contributed by atoms with Gasteiger partial charge in [-0.3, -0.25) is 0 Å². The van der Waals surface area contributed by atoms with Crippen molar-refractivity contribution in [3.05, 3.63) is 0 Å². The molecule has 0 aromatic heterocycles. The van der Waals surface area contributed by atoms with Crippen molar-refractivity contribution in [2.45, 2.75) is 58.7 Å². The molecule has 5 heteroatoms. The SMILES string of the molecule is C[C@@H]1CN(C)[C@H](C)CC1=NOC[C@@H](O)CNC(C)(C)C. The third kappa shape index (κ3) is 6.20. The fourth-order valence-electron chi connectivity index (χ4n) is 2.19. The normalized spacial score (nSPS) is 28.6. The molecule has 0 aromatic rings. The van der Waals surface area contributed by atoms with E-state index >= 15 is 0 Å². The van der Waals surface area contributed by atoms with Crippen molar-refractivity contribution in [2.24, 2.45) is 11.1 Å². The molecule has 1 rings (SSSR count). The van der Waals surface area contributed by atoms with Gasteiger partial charge in [-0.05, 0) is 34.7 Å². The molecule has 0 unspecified atom stereocenters. The van der Waals surface area contributed by atoms with Gasteiger partial charge in [0, 0.05) is 37.0 Å². The second-order valence-electron chi connectivity index (χ2n) is 7.06. The van der Waals surface area contributed by atoms with Crippen molar-refractivity contribution in [3.8, 4) is 0 Å². The van der Waals surface area contributed by atoms with Crippen LogP contribution in [0.4, 0.5) is 0 Å². The first kappa shape index (κ1) is 17.4. The summed E-state index contributed by atoms with van der Waals surface area (Å²) in [5, 5.41) is 17.3. The van der Waals surface area contributed by atoms with Crippen LogP contribution >= 0.6 is 0 Å². The van der Waals surface area contributed by atoms with Gasteiger partial charge >= 0.3 is 0 Å². The molecular weight excluding hydrogens is 254 g/mol. The second kappa shape index (κ2) is 7.38. The smallest absolute Gasteiger partial charge is 0.144 e. The highest BCUT2D eigenvalue weighted by Crippen LogP contribution is 2.18. The van der Waals surface area contributed by atoms with Gasteiger partial charge in [-0.2, -0.15) is 0 Å². The van der Waals surface area contributed by atoms with E-state index < -0.39 is 6.10 Å². The minimum Gasteiger partial charge on any atom is -0.393 e. The summed E-state index contributed by atoms with van der Waals surface area (Å²) in [6.45, 7) is 12.4. The van der Waals surface area contributed by atoms with Crippen LogP contribution in [0.1, 0.15) is 41.0 Å². The van der Waals surface area contributed by atoms with E-state index in [2.05, 4.69) is 57.0 Å². The number of aliphatic hydroxyl groups excluding tert-OH is 1. The average Bonchev–Trinajstić information content (AvgIpc) is 2.32. The first-order valence-corrected chi connectivity index (χ1v) is 7.51. The molecule has 5 nitrogen and oxygen atoms in total. The van der Waals surface area contributed by atoms with E-state index in [0.717, 1.165) is 18.7 Å². The number of hydrogen-bond acceptors (Lipinski definition) is 5. The minimum atomic E-state index is -0.530. The maximum atomic E-state index is 9.84. The van der Waals surface area contributed by atoms with Crippen LogP contribution in [0, 0.1) is 5.92 Å². The van der Waals surface area contributed by atoms with Gasteiger partial charge in [0.2, 0.25) is 0 Å². The Morgan fingerprint density at radius 2 is 2.10 bits per heavy atom. The van der Waals surface area contributed by atoms with Gasteiger partial charge in [0.25, 0.3) is 0 Å². The summed E-state index contributed by atoms with van der Waals surface area (Å²) in [6, 6.07) is 0.501. The molecule has 0 aliphatic carbocycles. The molecule has 1 saturated heterocycles. The fraction of sp³-hybridized carbons (Fsp3) is 0.933. The molecule has 3 atom stereocenters. The van der Waals surface area contributed by atoms with E-state index in [9.17, 15) is 5.11 Å². The van der Waals surface area contributed by atoms with Crippen LogP contribution in [-0.2, 0) is 4.84 Å². The number of likely N-dealkylation sites (tertiary alicyclic amines) is 1. The Bertz CT molecular complexity index is 326. The van der Waals surface area contributed by atoms with E-state index in [-0.39, 0.29) is 12.1 Å². The summed E-state index contributed by atoms with van der Waals surface area (Å²) in [6.07, 6.45) is 0.408. The first-order chi connectivity index (χ1) is 9.19. The topological polar surface area (TPSA) is 57.1 Å². The number of rotatable bonds is 5. The first-order valence-electron chi connectivity index (χ1n) is 7.51. The predicted octanol–water partition coefficient (Wildman–Crippen LogP) is 1.47. The van der Waals surface area contributed by atoms with Crippen LogP contribution in [0.5, 0.6) is 0 Å². The van der Waals surface area contributed by atoms with E-state index in [0.29, 0.717) is 18.5 Å². The van der Waals surface area contributed by atoms with E-state index in [1.807, 2.05) is 0 Å². The van der Waals surface area contributed by atoms with Gasteiger partial charge < -0.3 is 20.2 Å². The Morgan fingerprint density at radius 1 is 1.45 bits per heavy atom. The van der Waals surface area contributed by atoms with Gasteiger partial charge in [-0.1, -0.05) is 12.1 Å². The predicted molar refractivity (Wildman–Crippen MR) is 83.0 cm³/mol. The summed E-state index contributed by atoms with van der Waals surface area (Å²) in [5.74, 6) is 0.418. The standard InChI is InChI=1S/C15H31N3O2/c1-11-9-18(6)12(2)7-14(11)17-20-10-13(19)8-16-15(3,4)5/h11-13,16,19H,7-10H2,1-6H3/t11-,12-,13+/m1/s1. The number of nitrogens with zero attached hydrogens (tertiary/aromatic N) is 2. The van der Waals surface area contributed by atoms with Crippen LogP contribution in [0.3, 0.4) is 0 Å². The zero-order chi connectivity index (χ0) is 15.3. The molecule has 1 fully saturated rings. The zero-order valence-corrected chi connectivity index (χ0v) is 13.8. The van der Waals surface area contributed by atoms with Crippen molar-refractivity contribution in [1.29, 1.82) is 0 Å². The van der Waals surface area contributed by atoms with Crippen molar-refractivity contribution in [2.75, 3.05) is 26.7 Å². The summed E-state index contributed by atoms with van der Waals surface area (Å²) in [4.78, 5) is 7.67. The Labute approximate surface area is 123 Å². The molecule has 0 bridgehead atoms. The Kier molecular flexibility index (Phi) is 6.43. The van der Waals surface area contributed by atoms with Gasteiger partial charge in [-0.15, -0.1) is 0 Å². The van der Waals surface area contributed by atoms with E-state index in [1.54, 1.807) is 0 Å². The molecule has 2 N–H and O–H groups in total. The highest BCUT2D eigenvalue weighted by molar-refractivity contribution is 5.87. The van der Waals surface area contributed by atoms with Gasteiger partial charge in [0.1, 0.15) is 12.7 Å². The van der Waals surface area contributed by atoms with Gasteiger partial charge in [0.05, 0.1) is 5.71 Å². The highest BCUT2D eigenvalue weighted by atomic mass is 16.6. The van der Waals surface area contributed by atoms with Crippen LogP contribution in [-0.4, -0.2) is 60.1 Å². The van der Waals surface area contributed by atoms with E-state index in [1.165, 1.54) is 0 Å². The quantitative estimate of drug-likeness (QED) is 0.751. The molecule has 1 aliphatic rings. The minimum absolute atomic E-state index is 0.00474. The molecule has 0 amide bonds. The number of hydrogen-bond donors (Lipinski definition) is 2. The lowest BCUT2D eigenvalue weighted by Gasteiger charge is -2.34. The maximum Gasteiger partial charge on any atom is 0.144 e. The molecule has 0 spiro atoms. The zero-order valence-electron chi connectivity index (χ0n) is 13.8. The number of nitrogens with one attached hydrogen (secondary N) is 1. The highest BCUT2D eigenvalue weighted by Gasteiger charge is 2.25. The third-order valence-electron chi connectivity index (χ3n) is 3.70. The number of oxime groups is 1. The molecule has 118 valence electrons. The largest absolute Gasteiger partial charge is 0.393 e. The van der Waals surface area contributed by atoms with Crippen molar-refractivity contribution < 1.29 is 9.94 Å². The lowest BCUT2D eigenvalue weighted by Crippen LogP contribution is -2.43. The summed E-state index contributed by atoms with van der Waals surface area (Å²) in [7, 11) is 2.14. The molecule has 0 aromatic carbocycles. The average molecular weight is 285 g/mol. The van der Waals surface area contributed by atoms with Crippen LogP contribution < -0.4 is 5.32 Å². The van der Waals surface area contributed by atoms with E-state index in [4.69, 9.17) is 4.84 Å². The Balaban J connectivity index is 2.33. The number of β-amino-alcohol motifs (C(OH)–C–C–N with tert-alkyl or cyclic N) is 1. The van der Waals surface area contributed by atoms with Crippen molar-refractivity contribution in [3.63, 3.8) is 0 Å². The fourth-order valence-corrected chi connectivity index (χ4v) is 2.19. The molecule has 0 saturated carbocycles. The van der Waals surface area contributed by atoms with Crippen molar-refractivity contribution >= 4 is 5.71 Å². The van der Waals surface area contributed by atoms with Gasteiger partial charge in [0.15, 0.2) is 0 Å². The molecule has 1 aliphatic heterocycles. The lowest BCUT2D eigenvalue weighted by atomic mass is 9.93. The van der Waals surface area contributed by atoms with Crippen LogP contribution in [0.2, 0.25) is 0 Å². The van der Waals surface area contributed by atoms with Crippen molar-refractivity contribution in [1.82, 2.24) is 10.2 Å². The Morgan fingerprint density at radius 3 is 2.70 bits per heavy atom. The Hall–Kier alpha value is -0.650. The van der Waals surface area contributed by atoms with Crippen LogP contribution in [0.15, 0.2) is 5.16 Å². The molecular formula is C15H31N3O2. The van der Waals surface area contributed by atoms with Gasteiger partial charge in [-0.25, -0.2) is 0 Å². The summed E-state index contributed by atoms with van der Waals surface area (Å²) < 4.78 is 0. The molecule has 0 radical (unpaired) electrons. The number of piperidine rings is 1. The third-order valence-corrected chi connectivity index (χ3v) is 3.70. The summed E-state index contributed by atoms with van der Waals surface area (Å²) >= 11 is 0. The maximum absolute atomic E-state index is 9.84. The lowest BCUT2D eigenvalue weighted by molar-refractivity contribution is 0.0354. The second-order valence-corrected chi connectivity index (χ2v) is 7.06. The monoisotopic (exact) mass is 285 g/mol. The molecule has 20 heavy (non-hydrogen) atoms. The van der Waals surface area contributed by atoms with Crippen LogP contribution in [0.25, 0.3) is 0 Å². The number of aliphatic hydroxyl groups is 1. The molecule has 1 heterocycles.